The lowest BCUT2D eigenvalue weighted by Crippen LogP contribution is -2.30. The lowest BCUT2D eigenvalue weighted by molar-refractivity contribution is -0.131. The van der Waals surface area contributed by atoms with Crippen LogP contribution in [-0.2, 0) is 11.2 Å². The molecule has 6 nitrogen and oxygen atoms in total. The minimum absolute atomic E-state index is 0.0235. The van der Waals surface area contributed by atoms with Crippen LogP contribution in [0.3, 0.4) is 0 Å². The van der Waals surface area contributed by atoms with Gasteiger partial charge in [-0.05, 0) is 19.4 Å². The second kappa shape index (κ2) is 5.49. The number of hydrogen-bond donors (Lipinski definition) is 3. The summed E-state index contributed by atoms with van der Waals surface area (Å²) in [7, 11) is 0. The maximum Gasteiger partial charge on any atom is 0.224 e. The van der Waals surface area contributed by atoms with E-state index in [1.54, 1.807) is 4.90 Å². The Morgan fingerprint density at radius 1 is 1.61 bits per heavy atom. The quantitative estimate of drug-likeness (QED) is 0.672. The van der Waals surface area contributed by atoms with E-state index in [4.69, 9.17) is 5.11 Å². The molecule has 1 aromatic rings. The van der Waals surface area contributed by atoms with Gasteiger partial charge in [-0.1, -0.05) is 0 Å². The molecular formula is C12H19N3O3. The van der Waals surface area contributed by atoms with E-state index < -0.39 is 6.10 Å². The number of β-amino-alcohol motifs (C(OH)–C–C–N with tert-alkyl or cyclic N) is 1. The Bertz CT molecular complexity index is 418. The third kappa shape index (κ3) is 2.88. The highest BCUT2D eigenvalue weighted by Crippen LogP contribution is 2.21. The van der Waals surface area contributed by atoms with Gasteiger partial charge in [0.15, 0.2) is 0 Å². The summed E-state index contributed by atoms with van der Waals surface area (Å²) >= 11 is 0. The molecule has 0 spiro atoms. The van der Waals surface area contributed by atoms with E-state index in [1.165, 1.54) is 0 Å². The van der Waals surface area contributed by atoms with Gasteiger partial charge in [-0.3, -0.25) is 9.89 Å². The van der Waals surface area contributed by atoms with Crippen LogP contribution in [-0.4, -0.2) is 57.0 Å². The molecule has 1 amide bonds. The summed E-state index contributed by atoms with van der Waals surface area (Å²) in [6.45, 7) is 2.67. The van der Waals surface area contributed by atoms with Crippen LogP contribution in [0.1, 0.15) is 17.8 Å². The first-order chi connectivity index (χ1) is 8.60. The summed E-state index contributed by atoms with van der Waals surface area (Å²) in [5.41, 5.74) is 1.90. The molecule has 0 bridgehead atoms. The number of hydrogen-bond acceptors (Lipinski definition) is 4. The summed E-state index contributed by atoms with van der Waals surface area (Å²) in [6, 6.07) is 1.95. The molecule has 1 aliphatic heterocycles. The minimum Gasteiger partial charge on any atom is -0.396 e. The number of nitrogens with one attached hydrogen (secondary N) is 1. The van der Waals surface area contributed by atoms with Gasteiger partial charge in [0.05, 0.1) is 18.4 Å². The van der Waals surface area contributed by atoms with E-state index in [2.05, 4.69) is 10.2 Å². The van der Waals surface area contributed by atoms with Crippen molar-refractivity contribution in [3.63, 3.8) is 0 Å². The number of aromatic amines is 1. The maximum atomic E-state index is 11.6. The first-order valence-corrected chi connectivity index (χ1v) is 6.17. The lowest BCUT2D eigenvalue weighted by atomic mass is 10.0. The smallest absolute Gasteiger partial charge is 0.224 e. The lowest BCUT2D eigenvalue weighted by Gasteiger charge is -2.14. The molecule has 0 radical (unpaired) electrons. The Morgan fingerprint density at radius 2 is 2.39 bits per heavy atom. The Labute approximate surface area is 106 Å². The molecule has 18 heavy (non-hydrogen) atoms. The second-order valence-corrected chi connectivity index (χ2v) is 4.85. The molecule has 6 heteroatoms. The van der Waals surface area contributed by atoms with E-state index in [-0.39, 0.29) is 24.9 Å². The summed E-state index contributed by atoms with van der Waals surface area (Å²) in [5, 5.41) is 25.7. The molecule has 3 N–H and O–H groups in total. The molecule has 0 unspecified atom stereocenters. The zero-order chi connectivity index (χ0) is 13.1. The molecule has 0 aliphatic carbocycles. The third-order valence-corrected chi connectivity index (χ3v) is 3.32. The van der Waals surface area contributed by atoms with Crippen LogP contribution >= 0.6 is 0 Å². The van der Waals surface area contributed by atoms with Gasteiger partial charge >= 0.3 is 0 Å². The topological polar surface area (TPSA) is 89.5 Å². The number of carbonyl (C=O) groups excluding carboxylic acids is 1. The van der Waals surface area contributed by atoms with Crippen molar-refractivity contribution < 1.29 is 15.0 Å². The predicted octanol–water partition coefficient (Wildman–Crippen LogP) is -0.538. The average molecular weight is 253 g/mol. The van der Waals surface area contributed by atoms with Crippen LogP contribution in [0.5, 0.6) is 0 Å². The SMILES string of the molecule is Cc1cc(C[C@@H]2CN(C(=O)CCO)C[C@H]2O)n[nH]1. The van der Waals surface area contributed by atoms with Crippen LogP contribution in [0.15, 0.2) is 6.07 Å². The van der Waals surface area contributed by atoms with Crippen molar-refractivity contribution >= 4 is 5.91 Å². The number of aromatic nitrogens is 2. The van der Waals surface area contributed by atoms with E-state index in [1.807, 2.05) is 13.0 Å². The molecule has 1 aromatic heterocycles. The van der Waals surface area contributed by atoms with Crippen molar-refractivity contribution in [1.29, 1.82) is 0 Å². The van der Waals surface area contributed by atoms with Gasteiger partial charge in [-0.2, -0.15) is 5.10 Å². The number of carbonyl (C=O) groups is 1. The number of nitrogens with zero attached hydrogens (tertiary/aromatic N) is 2. The maximum absolute atomic E-state index is 11.6. The van der Waals surface area contributed by atoms with Gasteiger partial charge in [0.2, 0.25) is 5.91 Å². The minimum atomic E-state index is -0.510. The van der Waals surface area contributed by atoms with Gasteiger partial charge in [0, 0.05) is 31.1 Å². The fourth-order valence-electron chi connectivity index (χ4n) is 2.36. The van der Waals surface area contributed by atoms with Gasteiger partial charge in [0.1, 0.15) is 0 Å². The Kier molecular flexibility index (Phi) is 3.98. The summed E-state index contributed by atoms with van der Waals surface area (Å²) in [4.78, 5) is 13.2. The molecular weight excluding hydrogens is 234 g/mol. The standard InChI is InChI=1S/C12H19N3O3/c1-8-4-10(14-13-8)5-9-6-15(7-11(9)17)12(18)2-3-16/h4,9,11,16-17H,2-3,5-7H2,1H3,(H,13,14)/t9-,11-/m1/s1. The van der Waals surface area contributed by atoms with Gasteiger partial charge < -0.3 is 15.1 Å². The molecule has 0 saturated carbocycles. The Hall–Kier alpha value is -1.40. The van der Waals surface area contributed by atoms with Crippen molar-refractivity contribution in [1.82, 2.24) is 15.1 Å². The van der Waals surface area contributed by atoms with E-state index in [0.29, 0.717) is 19.5 Å². The summed E-state index contributed by atoms with van der Waals surface area (Å²) in [5.74, 6) is -0.0763. The largest absolute Gasteiger partial charge is 0.396 e. The average Bonchev–Trinajstić information content (AvgIpc) is 2.87. The van der Waals surface area contributed by atoms with Gasteiger partial charge in [-0.25, -0.2) is 0 Å². The van der Waals surface area contributed by atoms with Crippen molar-refractivity contribution in [2.24, 2.45) is 5.92 Å². The number of aliphatic hydroxyl groups excluding tert-OH is 2. The van der Waals surface area contributed by atoms with Crippen molar-refractivity contribution in [3.8, 4) is 0 Å². The van der Waals surface area contributed by atoms with Crippen molar-refractivity contribution in [2.75, 3.05) is 19.7 Å². The van der Waals surface area contributed by atoms with Crippen LogP contribution < -0.4 is 0 Å². The highest BCUT2D eigenvalue weighted by Gasteiger charge is 2.33. The molecule has 0 aromatic carbocycles. The number of amides is 1. The number of likely N-dealkylation sites (tertiary alicyclic amines) is 1. The molecule has 2 heterocycles. The zero-order valence-electron chi connectivity index (χ0n) is 10.5. The first kappa shape index (κ1) is 13.0. The first-order valence-electron chi connectivity index (χ1n) is 6.17. The molecule has 1 saturated heterocycles. The number of aryl methyl sites for hydroxylation is 1. The number of aliphatic hydroxyl groups is 2. The summed E-state index contributed by atoms with van der Waals surface area (Å²) < 4.78 is 0. The van der Waals surface area contributed by atoms with Crippen LogP contribution in [0.25, 0.3) is 0 Å². The monoisotopic (exact) mass is 253 g/mol. The predicted molar refractivity (Wildman–Crippen MR) is 64.8 cm³/mol. The fourth-order valence-corrected chi connectivity index (χ4v) is 2.36. The summed E-state index contributed by atoms with van der Waals surface area (Å²) in [6.07, 6.45) is 0.277. The Balaban J connectivity index is 1.93. The molecule has 2 rings (SSSR count). The Morgan fingerprint density at radius 3 is 3.00 bits per heavy atom. The molecule has 2 atom stereocenters. The van der Waals surface area contributed by atoms with Crippen molar-refractivity contribution in [3.05, 3.63) is 17.5 Å². The van der Waals surface area contributed by atoms with Crippen LogP contribution in [0, 0.1) is 12.8 Å². The van der Waals surface area contributed by atoms with Crippen molar-refractivity contribution in [2.45, 2.75) is 25.9 Å². The van der Waals surface area contributed by atoms with E-state index in [9.17, 15) is 9.90 Å². The second-order valence-electron chi connectivity index (χ2n) is 4.85. The normalized spacial score (nSPS) is 23.6. The van der Waals surface area contributed by atoms with E-state index >= 15 is 0 Å². The van der Waals surface area contributed by atoms with E-state index in [0.717, 1.165) is 11.4 Å². The fraction of sp³-hybridized carbons (Fsp3) is 0.667. The number of H-pyrrole nitrogens is 1. The van der Waals surface area contributed by atoms with Crippen LogP contribution in [0.4, 0.5) is 0 Å². The number of rotatable bonds is 4. The van der Waals surface area contributed by atoms with Crippen LogP contribution in [0.2, 0.25) is 0 Å². The highest BCUT2D eigenvalue weighted by molar-refractivity contribution is 5.76. The molecule has 100 valence electrons. The third-order valence-electron chi connectivity index (χ3n) is 3.32. The molecule has 1 fully saturated rings. The zero-order valence-corrected chi connectivity index (χ0v) is 10.5. The van der Waals surface area contributed by atoms with Gasteiger partial charge in [-0.15, -0.1) is 0 Å². The molecule has 1 aliphatic rings. The van der Waals surface area contributed by atoms with Gasteiger partial charge in [0.25, 0.3) is 0 Å². The highest BCUT2D eigenvalue weighted by atomic mass is 16.3.